The first-order chi connectivity index (χ1) is 15.6. The summed E-state index contributed by atoms with van der Waals surface area (Å²) in [5.74, 6) is -0.102. The standard InChI is InChI=1S/C24H19FN4O2S/c1-2-31-22-17(13-26)14-28-20-7-6-16(11-19(20)22)12-21-23(30)29-24(32-21)27-9-8-15-4-3-5-18(25)10-15/h3-7,10-12,14H,2,8-9H2,1H3,(H,27,29,30)/b21-12-. The molecule has 0 spiro atoms. The molecule has 0 fully saturated rings. The number of pyridine rings is 1. The molecular weight excluding hydrogens is 427 g/mol. The molecule has 1 aliphatic rings. The maximum atomic E-state index is 13.3. The molecule has 2 aromatic carbocycles. The molecule has 0 aliphatic carbocycles. The number of thioether (sulfide) groups is 1. The van der Waals surface area contributed by atoms with E-state index < -0.39 is 0 Å². The Balaban J connectivity index is 1.49. The van der Waals surface area contributed by atoms with Gasteiger partial charge in [0.05, 0.1) is 17.0 Å². The molecule has 0 radical (unpaired) electrons. The first-order valence-corrected chi connectivity index (χ1v) is 10.9. The van der Waals surface area contributed by atoms with Gasteiger partial charge in [0.2, 0.25) is 0 Å². The molecule has 1 N–H and O–H groups in total. The van der Waals surface area contributed by atoms with Crippen LogP contribution in [-0.2, 0) is 11.2 Å². The van der Waals surface area contributed by atoms with Gasteiger partial charge in [-0.05, 0) is 66.6 Å². The molecule has 0 saturated heterocycles. The van der Waals surface area contributed by atoms with Crippen LogP contribution in [0.1, 0.15) is 23.6 Å². The highest BCUT2D eigenvalue weighted by Gasteiger charge is 2.21. The SMILES string of the molecule is CCOc1c(C#N)cnc2ccc(/C=C3\SC(NCCc4cccc(F)c4)=NC3=O)cc12. The number of aliphatic imine (C=N–C) groups is 1. The monoisotopic (exact) mass is 446 g/mol. The number of nitrogens with zero attached hydrogens (tertiary/aromatic N) is 3. The van der Waals surface area contributed by atoms with E-state index in [-0.39, 0.29) is 11.7 Å². The summed E-state index contributed by atoms with van der Waals surface area (Å²) in [6.45, 7) is 2.81. The third-order valence-corrected chi connectivity index (χ3v) is 5.69. The average Bonchev–Trinajstić information content (AvgIpc) is 3.13. The van der Waals surface area contributed by atoms with Gasteiger partial charge in [-0.25, -0.2) is 4.39 Å². The van der Waals surface area contributed by atoms with Crippen LogP contribution in [-0.4, -0.2) is 29.2 Å². The zero-order chi connectivity index (χ0) is 22.5. The summed E-state index contributed by atoms with van der Waals surface area (Å²) in [7, 11) is 0. The second kappa shape index (κ2) is 9.62. The fourth-order valence-electron chi connectivity index (χ4n) is 3.30. The van der Waals surface area contributed by atoms with Crippen molar-refractivity contribution in [3.63, 3.8) is 0 Å². The van der Waals surface area contributed by atoms with Crippen LogP contribution in [0.15, 0.2) is 58.6 Å². The Morgan fingerprint density at radius 3 is 2.94 bits per heavy atom. The number of halogens is 1. The van der Waals surface area contributed by atoms with E-state index in [4.69, 9.17) is 4.74 Å². The van der Waals surface area contributed by atoms with Gasteiger partial charge in [0.1, 0.15) is 23.2 Å². The molecule has 1 amide bonds. The van der Waals surface area contributed by atoms with Gasteiger partial charge in [0, 0.05) is 18.1 Å². The van der Waals surface area contributed by atoms with E-state index in [0.29, 0.717) is 51.9 Å². The van der Waals surface area contributed by atoms with E-state index in [0.717, 1.165) is 11.1 Å². The molecule has 4 rings (SSSR count). The zero-order valence-electron chi connectivity index (χ0n) is 17.3. The largest absolute Gasteiger partial charge is 0.492 e. The van der Waals surface area contributed by atoms with Gasteiger partial charge >= 0.3 is 0 Å². The summed E-state index contributed by atoms with van der Waals surface area (Å²) in [4.78, 5) is 21.2. The lowest BCUT2D eigenvalue weighted by Gasteiger charge is -2.09. The van der Waals surface area contributed by atoms with Crippen molar-refractivity contribution in [2.45, 2.75) is 13.3 Å². The van der Waals surface area contributed by atoms with Crippen molar-refractivity contribution < 1.29 is 13.9 Å². The van der Waals surface area contributed by atoms with Gasteiger partial charge in [-0.1, -0.05) is 18.2 Å². The van der Waals surface area contributed by atoms with E-state index in [1.54, 1.807) is 12.1 Å². The van der Waals surface area contributed by atoms with Crippen LogP contribution >= 0.6 is 11.8 Å². The third kappa shape index (κ3) is 4.79. The lowest BCUT2D eigenvalue weighted by molar-refractivity contribution is -0.113. The number of ether oxygens (including phenoxy) is 1. The van der Waals surface area contributed by atoms with Crippen LogP contribution in [0.4, 0.5) is 4.39 Å². The van der Waals surface area contributed by atoms with Crippen LogP contribution in [0.25, 0.3) is 17.0 Å². The molecule has 6 nitrogen and oxygen atoms in total. The first kappa shape index (κ1) is 21.5. The first-order valence-electron chi connectivity index (χ1n) is 10.0. The smallest absolute Gasteiger partial charge is 0.286 e. The lowest BCUT2D eigenvalue weighted by atomic mass is 10.1. The van der Waals surface area contributed by atoms with Gasteiger partial charge < -0.3 is 10.1 Å². The highest BCUT2D eigenvalue weighted by Crippen LogP contribution is 2.32. The molecule has 1 aliphatic heterocycles. The number of hydrogen-bond acceptors (Lipinski definition) is 6. The Labute approximate surface area is 188 Å². The number of benzene rings is 2. The highest BCUT2D eigenvalue weighted by molar-refractivity contribution is 8.18. The molecule has 1 aromatic heterocycles. The van der Waals surface area contributed by atoms with E-state index in [9.17, 15) is 14.4 Å². The quantitative estimate of drug-likeness (QED) is 0.563. The molecule has 0 unspecified atom stereocenters. The topological polar surface area (TPSA) is 87.4 Å². The van der Waals surface area contributed by atoms with Crippen LogP contribution in [0.5, 0.6) is 5.75 Å². The maximum absolute atomic E-state index is 13.3. The van der Waals surface area contributed by atoms with Crippen molar-refractivity contribution in [2.24, 2.45) is 4.99 Å². The lowest BCUT2D eigenvalue weighted by Crippen LogP contribution is -2.21. The minimum absolute atomic E-state index is 0.268. The van der Waals surface area contributed by atoms with Crippen LogP contribution in [0.2, 0.25) is 0 Å². The number of amides is 1. The number of rotatable bonds is 6. The number of nitriles is 1. The van der Waals surface area contributed by atoms with Crippen molar-refractivity contribution in [2.75, 3.05) is 13.2 Å². The van der Waals surface area contributed by atoms with Gasteiger partial charge in [-0.2, -0.15) is 10.3 Å². The molecular formula is C24H19FN4O2S. The maximum Gasteiger partial charge on any atom is 0.286 e. The van der Waals surface area contributed by atoms with Crippen molar-refractivity contribution in [1.82, 2.24) is 10.3 Å². The Morgan fingerprint density at radius 1 is 1.28 bits per heavy atom. The summed E-state index contributed by atoms with van der Waals surface area (Å²) in [6.07, 6.45) is 3.87. The van der Waals surface area contributed by atoms with E-state index in [1.165, 1.54) is 30.1 Å². The number of carbonyl (C=O) groups excluding carboxylic acids is 1. The third-order valence-electron chi connectivity index (χ3n) is 4.75. The number of amidine groups is 1. The number of carbonyl (C=O) groups is 1. The van der Waals surface area contributed by atoms with Gasteiger partial charge in [0.25, 0.3) is 5.91 Å². The summed E-state index contributed by atoms with van der Waals surface area (Å²) in [5, 5.41) is 13.7. The van der Waals surface area contributed by atoms with Crippen molar-refractivity contribution in [3.05, 3.63) is 76.1 Å². The average molecular weight is 447 g/mol. The molecule has 0 atom stereocenters. The molecule has 2 heterocycles. The van der Waals surface area contributed by atoms with E-state index >= 15 is 0 Å². The summed E-state index contributed by atoms with van der Waals surface area (Å²) in [6, 6.07) is 14.1. The Hall–Kier alpha value is -3.70. The number of fused-ring (bicyclic) bond motifs is 1. The van der Waals surface area contributed by atoms with E-state index in [1.807, 2.05) is 31.2 Å². The Bertz CT molecular complexity index is 1300. The number of aromatic nitrogens is 1. The molecule has 3 aromatic rings. The van der Waals surface area contributed by atoms with E-state index in [2.05, 4.69) is 21.4 Å². The van der Waals surface area contributed by atoms with Crippen molar-refractivity contribution in [3.8, 4) is 11.8 Å². The molecule has 32 heavy (non-hydrogen) atoms. The van der Waals surface area contributed by atoms with Gasteiger partial charge in [-0.3, -0.25) is 9.78 Å². The minimum atomic E-state index is -0.322. The van der Waals surface area contributed by atoms with Gasteiger partial charge in [0.15, 0.2) is 5.17 Å². The zero-order valence-corrected chi connectivity index (χ0v) is 18.1. The van der Waals surface area contributed by atoms with Crippen LogP contribution in [0, 0.1) is 17.1 Å². The summed E-state index contributed by atoms with van der Waals surface area (Å²) < 4.78 is 19.0. The summed E-state index contributed by atoms with van der Waals surface area (Å²) >= 11 is 1.26. The normalized spacial score (nSPS) is 14.5. The summed E-state index contributed by atoms with van der Waals surface area (Å²) in [5.41, 5.74) is 2.72. The predicted molar refractivity (Wildman–Crippen MR) is 124 cm³/mol. The minimum Gasteiger partial charge on any atom is -0.492 e. The van der Waals surface area contributed by atoms with Crippen LogP contribution in [0.3, 0.4) is 0 Å². The molecule has 0 saturated carbocycles. The number of nitrogens with one attached hydrogen (secondary N) is 1. The second-order valence-corrected chi connectivity index (χ2v) is 7.99. The fraction of sp³-hybridized carbons (Fsp3) is 0.167. The molecule has 0 bridgehead atoms. The van der Waals surface area contributed by atoms with Gasteiger partial charge in [-0.15, -0.1) is 0 Å². The second-order valence-electron chi connectivity index (χ2n) is 6.96. The highest BCUT2D eigenvalue weighted by atomic mass is 32.2. The van der Waals surface area contributed by atoms with Crippen molar-refractivity contribution >= 4 is 39.8 Å². The Morgan fingerprint density at radius 2 is 2.16 bits per heavy atom. The molecule has 160 valence electrons. The predicted octanol–water partition coefficient (Wildman–Crippen LogP) is 4.45. The Kier molecular flexibility index (Phi) is 6.47. The van der Waals surface area contributed by atoms with Crippen LogP contribution < -0.4 is 10.1 Å². The molecule has 8 heteroatoms. The number of hydrogen-bond donors (Lipinski definition) is 1. The fourth-order valence-corrected chi connectivity index (χ4v) is 4.14. The van der Waals surface area contributed by atoms with Crippen molar-refractivity contribution in [1.29, 1.82) is 5.26 Å².